The summed E-state index contributed by atoms with van der Waals surface area (Å²) in [4.78, 5) is 20.7. The van der Waals surface area contributed by atoms with Gasteiger partial charge in [-0.1, -0.05) is 5.21 Å². The minimum atomic E-state index is -0.275. The quantitative estimate of drug-likeness (QED) is 0.761. The summed E-state index contributed by atoms with van der Waals surface area (Å²) in [6, 6.07) is 7.12. The molecule has 3 rings (SSSR count). The Morgan fingerprint density at radius 3 is 2.67 bits per heavy atom. The van der Waals surface area contributed by atoms with E-state index < -0.39 is 0 Å². The fourth-order valence-corrected chi connectivity index (χ4v) is 2.49. The number of nitrogens with one attached hydrogen (secondary N) is 2. The highest BCUT2D eigenvalue weighted by atomic mass is 16.2. The number of amides is 2. The molecule has 0 unspecified atom stereocenters. The first-order valence-electron chi connectivity index (χ1n) is 7.67. The highest BCUT2D eigenvalue weighted by molar-refractivity contribution is 5.91. The van der Waals surface area contributed by atoms with Gasteiger partial charge in [-0.05, 0) is 38.1 Å². The zero-order valence-corrected chi connectivity index (χ0v) is 13.9. The number of aryl methyl sites for hydroxylation is 3. The summed E-state index contributed by atoms with van der Waals surface area (Å²) in [5, 5.41) is 13.6. The molecule has 0 bridgehead atoms. The summed E-state index contributed by atoms with van der Waals surface area (Å²) >= 11 is 0. The van der Waals surface area contributed by atoms with Gasteiger partial charge in [-0.3, -0.25) is 0 Å². The molecule has 0 saturated heterocycles. The van der Waals surface area contributed by atoms with Crippen molar-refractivity contribution in [3.05, 3.63) is 41.5 Å². The van der Waals surface area contributed by atoms with E-state index in [1.807, 2.05) is 39.1 Å². The van der Waals surface area contributed by atoms with Crippen LogP contribution >= 0.6 is 0 Å². The first-order valence-corrected chi connectivity index (χ1v) is 7.67. The molecule has 0 radical (unpaired) electrons. The minimum Gasteiger partial charge on any atom is -0.337 e. The molecule has 2 heterocycles. The monoisotopic (exact) mass is 325 g/mol. The number of fused-ring (bicyclic) bond motifs is 1. The van der Waals surface area contributed by atoms with Gasteiger partial charge in [0.1, 0.15) is 11.3 Å². The molecule has 0 saturated carbocycles. The van der Waals surface area contributed by atoms with Gasteiger partial charge >= 0.3 is 6.03 Å². The molecule has 0 fully saturated rings. The van der Waals surface area contributed by atoms with Crippen molar-refractivity contribution in [1.82, 2.24) is 30.3 Å². The third-order valence-corrected chi connectivity index (χ3v) is 3.53. The van der Waals surface area contributed by atoms with Crippen LogP contribution in [-0.4, -0.2) is 37.5 Å². The maximum absolute atomic E-state index is 12.0. The molecule has 0 aliphatic heterocycles. The van der Waals surface area contributed by atoms with Gasteiger partial charge < -0.3 is 10.6 Å². The number of rotatable bonds is 4. The van der Waals surface area contributed by atoms with Crippen LogP contribution in [0.1, 0.15) is 17.2 Å². The largest absolute Gasteiger partial charge is 0.337 e. The van der Waals surface area contributed by atoms with Crippen molar-refractivity contribution in [2.75, 3.05) is 11.9 Å². The molecule has 3 aromatic rings. The van der Waals surface area contributed by atoms with Gasteiger partial charge in [0.2, 0.25) is 0 Å². The van der Waals surface area contributed by atoms with E-state index >= 15 is 0 Å². The summed E-state index contributed by atoms with van der Waals surface area (Å²) in [5.74, 6) is 0.730. The SMILES string of the molecule is Cc1cc(C)nc(CCNC(=O)Nc2ccc3c(c2)nnn3C)n1. The Morgan fingerprint density at radius 1 is 1.17 bits per heavy atom. The third-order valence-electron chi connectivity index (χ3n) is 3.53. The Morgan fingerprint density at radius 2 is 1.92 bits per heavy atom. The molecule has 2 amide bonds. The van der Waals surface area contributed by atoms with E-state index in [-0.39, 0.29) is 6.03 Å². The summed E-state index contributed by atoms with van der Waals surface area (Å²) < 4.78 is 1.68. The zero-order chi connectivity index (χ0) is 17.1. The molecule has 0 atom stereocenters. The predicted octanol–water partition coefficient (Wildman–Crippen LogP) is 1.74. The van der Waals surface area contributed by atoms with Crippen LogP contribution in [0.2, 0.25) is 0 Å². The zero-order valence-electron chi connectivity index (χ0n) is 13.9. The number of nitrogens with zero attached hydrogens (tertiary/aromatic N) is 5. The summed E-state index contributed by atoms with van der Waals surface area (Å²) in [6.45, 7) is 4.32. The van der Waals surface area contributed by atoms with Gasteiger partial charge in [0.05, 0.1) is 5.52 Å². The average molecular weight is 325 g/mol. The van der Waals surface area contributed by atoms with Gasteiger partial charge in [0.25, 0.3) is 0 Å². The van der Waals surface area contributed by atoms with Gasteiger partial charge in [0.15, 0.2) is 0 Å². The van der Waals surface area contributed by atoms with Crippen molar-refractivity contribution in [2.24, 2.45) is 7.05 Å². The second-order valence-corrected chi connectivity index (χ2v) is 5.61. The number of benzene rings is 1. The summed E-state index contributed by atoms with van der Waals surface area (Å²) in [5.41, 5.74) is 4.17. The standard InChI is InChI=1S/C16H19N7O/c1-10-8-11(2)19-15(18-10)6-7-17-16(24)20-12-4-5-14-13(9-12)21-22-23(14)3/h4-5,8-9H,6-7H2,1-3H3,(H2,17,20,24). The molecular formula is C16H19N7O. The fourth-order valence-electron chi connectivity index (χ4n) is 2.49. The Hall–Kier alpha value is -3.03. The number of anilines is 1. The second kappa shape index (κ2) is 6.61. The number of hydrogen-bond donors (Lipinski definition) is 2. The fraction of sp³-hybridized carbons (Fsp3) is 0.312. The Kier molecular flexibility index (Phi) is 4.37. The number of carbonyl (C=O) groups excluding carboxylic acids is 1. The molecule has 0 aliphatic rings. The van der Waals surface area contributed by atoms with Crippen molar-refractivity contribution in [3.8, 4) is 0 Å². The maximum Gasteiger partial charge on any atom is 0.319 e. The lowest BCUT2D eigenvalue weighted by atomic mass is 10.3. The molecule has 24 heavy (non-hydrogen) atoms. The van der Waals surface area contributed by atoms with Gasteiger partial charge in [-0.25, -0.2) is 19.4 Å². The van der Waals surface area contributed by atoms with Crippen LogP contribution in [0.15, 0.2) is 24.3 Å². The van der Waals surface area contributed by atoms with Crippen molar-refractivity contribution in [3.63, 3.8) is 0 Å². The molecule has 0 aliphatic carbocycles. The van der Waals surface area contributed by atoms with Crippen LogP contribution in [0.25, 0.3) is 11.0 Å². The normalized spacial score (nSPS) is 10.8. The lowest BCUT2D eigenvalue weighted by Crippen LogP contribution is -2.30. The lowest BCUT2D eigenvalue weighted by molar-refractivity contribution is 0.252. The minimum absolute atomic E-state index is 0.275. The van der Waals surface area contributed by atoms with Crippen molar-refractivity contribution < 1.29 is 4.79 Å². The first kappa shape index (κ1) is 15.9. The highest BCUT2D eigenvalue weighted by Crippen LogP contribution is 2.16. The molecule has 0 spiro atoms. The Bertz CT molecular complexity index is 867. The van der Waals surface area contributed by atoms with Crippen molar-refractivity contribution >= 4 is 22.8 Å². The second-order valence-electron chi connectivity index (χ2n) is 5.61. The van der Waals surface area contributed by atoms with Crippen LogP contribution in [0, 0.1) is 13.8 Å². The number of hydrogen-bond acceptors (Lipinski definition) is 5. The topological polar surface area (TPSA) is 97.6 Å². The van der Waals surface area contributed by atoms with E-state index in [0.29, 0.717) is 18.7 Å². The van der Waals surface area contributed by atoms with Crippen molar-refractivity contribution in [1.29, 1.82) is 0 Å². The van der Waals surface area contributed by atoms with E-state index in [0.717, 1.165) is 28.2 Å². The molecule has 8 nitrogen and oxygen atoms in total. The Labute approximate surface area is 139 Å². The average Bonchev–Trinajstić information content (AvgIpc) is 2.87. The molecule has 1 aromatic carbocycles. The van der Waals surface area contributed by atoms with E-state index in [2.05, 4.69) is 30.9 Å². The van der Waals surface area contributed by atoms with Gasteiger partial charge in [-0.15, -0.1) is 5.10 Å². The van der Waals surface area contributed by atoms with Gasteiger partial charge in [0, 0.05) is 37.1 Å². The smallest absolute Gasteiger partial charge is 0.319 e. The maximum atomic E-state index is 12.0. The molecular weight excluding hydrogens is 306 g/mol. The molecule has 8 heteroatoms. The lowest BCUT2D eigenvalue weighted by Gasteiger charge is -2.08. The van der Waals surface area contributed by atoms with E-state index in [1.54, 1.807) is 10.7 Å². The predicted molar refractivity (Wildman–Crippen MR) is 90.7 cm³/mol. The van der Waals surface area contributed by atoms with Crippen LogP contribution < -0.4 is 10.6 Å². The van der Waals surface area contributed by atoms with Crippen LogP contribution in [0.5, 0.6) is 0 Å². The molecule has 2 aromatic heterocycles. The molecule has 2 N–H and O–H groups in total. The summed E-state index contributed by atoms with van der Waals surface area (Å²) in [6.07, 6.45) is 0.582. The van der Waals surface area contributed by atoms with E-state index in [1.165, 1.54) is 0 Å². The number of carbonyl (C=O) groups is 1. The third kappa shape index (κ3) is 3.65. The Balaban J connectivity index is 1.54. The van der Waals surface area contributed by atoms with Crippen LogP contribution in [0.4, 0.5) is 10.5 Å². The van der Waals surface area contributed by atoms with Crippen molar-refractivity contribution in [2.45, 2.75) is 20.3 Å². The number of urea groups is 1. The van der Waals surface area contributed by atoms with E-state index in [9.17, 15) is 4.79 Å². The van der Waals surface area contributed by atoms with Gasteiger partial charge in [-0.2, -0.15) is 0 Å². The highest BCUT2D eigenvalue weighted by Gasteiger charge is 2.06. The molecule has 124 valence electrons. The van der Waals surface area contributed by atoms with E-state index in [4.69, 9.17) is 0 Å². The first-order chi connectivity index (χ1) is 11.5. The van der Waals surface area contributed by atoms with Crippen LogP contribution in [0.3, 0.4) is 0 Å². The number of aromatic nitrogens is 5. The van der Waals surface area contributed by atoms with Crippen LogP contribution in [-0.2, 0) is 13.5 Å². The summed E-state index contributed by atoms with van der Waals surface area (Å²) in [7, 11) is 1.82.